The Morgan fingerprint density at radius 2 is 2.10 bits per heavy atom. The van der Waals surface area contributed by atoms with E-state index < -0.39 is 5.97 Å². The number of carboxylic acids is 1. The second-order valence-electron chi connectivity index (χ2n) is 6.20. The molecule has 1 saturated carbocycles. The quantitative estimate of drug-likeness (QED) is 0.905. The predicted octanol–water partition coefficient (Wildman–Crippen LogP) is 3.10. The Balaban J connectivity index is 1.92. The SMILES string of the molecule is COc1ccc(C2CCOCC2)cc1C1(CC(=O)O)CC1. The number of hydrogen-bond donors (Lipinski definition) is 1. The van der Waals surface area contributed by atoms with E-state index in [1.165, 1.54) is 5.56 Å². The van der Waals surface area contributed by atoms with Crippen molar-refractivity contribution in [3.8, 4) is 5.75 Å². The molecule has 1 saturated heterocycles. The zero-order chi connectivity index (χ0) is 14.9. The Labute approximate surface area is 125 Å². The van der Waals surface area contributed by atoms with Crippen LogP contribution in [0, 0.1) is 0 Å². The molecule has 1 aromatic rings. The Hall–Kier alpha value is -1.55. The highest BCUT2D eigenvalue weighted by Crippen LogP contribution is 2.54. The van der Waals surface area contributed by atoms with Gasteiger partial charge in [0.05, 0.1) is 13.5 Å². The van der Waals surface area contributed by atoms with Gasteiger partial charge in [-0.1, -0.05) is 12.1 Å². The van der Waals surface area contributed by atoms with E-state index in [9.17, 15) is 9.90 Å². The molecule has 0 amide bonds. The molecule has 1 aromatic carbocycles. The molecule has 1 N–H and O–H groups in total. The average Bonchev–Trinajstić information content (AvgIpc) is 3.27. The molecule has 0 spiro atoms. The number of hydrogen-bond acceptors (Lipinski definition) is 3. The number of aliphatic carboxylic acids is 1. The Morgan fingerprint density at radius 1 is 1.38 bits per heavy atom. The van der Waals surface area contributed by atoms with Gasteiger partial charge in [0.25, 0.3) is 0 Å². The number of benzene rings is 1. The van der Waals surface area contributed by atoms with E-state index in [1.54, 1.807) is 7.11 Å². The van der Waals surface area contributed by atoms with E-state index in [1.807, 2.05) is 6.07 Å². The molecule has 2 fully saturated rings. The molecule has 4 heteroatoms. The summed E-state index contributed by atoms with van der Waals surface area (Å²) in [6, 6.07) is 6.31. The van der Waals surface area contributed by atoms with Crippen molar-refractivity contribution in [3.05, 3.63) is 29.3 Å². The van der Waals surface area contributed by atoms with E-state index in [2.05, 4.69) is 12.1 Å². The molecule has 21 heavy (non-hydrogen) atoms. The van der Waals surface area contributed by atoms with E-state index in [0.717, 1.165) is 50.2 Å². The van der Waals surface area contributed by atoms with Crippen LogP contribution in [0.3, 0.4) is 0 Å². The van der Waals surface area contributed by atoms with Crippen LogP contribution < -0.4 is 4.74 Å². The first kappa shape index (κ1) is 14.4. The summed E-state index contributed by atoms with van der Waals surface area (Å²) in [6.45, 7) is 1.62. The first-order valence-electron chi connectivity index (χ1n) is 7.62. The summed E-state index contributed by atoms with van der Waals surface area (Å²) in [5, 5.41) is 9.17. The summed E-state index contributed by atoms with van der Waals surface area (Å²) in [7, 11) is 1.66. The Morgan fingerprint density at radius 3 is 2.67 bits per heavy atom. The van der Waals surface area contributed by atoms with Crippen molar-refractivity contribution in [3.63, 3.8) is 0 Å². The Kier molecular flexibility index (Phi) is 3.89. The van der Waals surface area contributed by atoms with Gasteiger partial charge in [0, 0.05) is 24.2 Å². The van der Waals surface area contributed by atoms with Crippen molar-refractivity contribution in [2.75, 3.05) is 20.3 Å². The van der Waals surface area contributed by atoms with Crippen LogP contribution >= 0.6 is 0 Å². The molecule has 0 bridgehead atoms. The summed E-state index contributed by atoms with van der Waals surface area (Å²) in [5.41, 5.74) is 2.17. The lowest BCUT2D eigenvalue weighted by atomic mass is 9.85. The topological polar surface area (TPSA) is 55.8 Å². The summed E-state index contributed by atoms with van der Waals surface area (Å²) in [4.78, 5) is 11.2. The molecule has 1 aliphatic carbocycles. The lowest BCUT2D eigenvalue weighted by Gasteiger charge is -2.25. The minimum absolute atomic E-state index is 0.195. The third kappa shape index (κ3) is 2.91. The van der Waals surface area contributed by atoms with Gasteiger partial charge in [-0.05, 0) is 43.2 Å². The lowest BCUT2D eigenvalue weighted by molar-refractivity contribution is -0.137. The standard InChI is InChI=1S/C17H22O4/c1-20-15-3-2-13(12-4-8-21-9-5-12)10-14(15)17(6-7-17)11-16(18)19/h2-3,10,12H,4-9,11H2,1H3,(H,18,19). The van der Waals surface area contributed by atoms with Crippen LogP contribution in [0.5, 0.6) is 5.75 Å². The average molecular weight is 290 g/mol. The van der Waals surface area contributed by atoms with Crippen molar-refractivity contribution >= 4 is 5.97 Å². The second-order valence-corrected chi connectivity index (χ2v) is 6.20. The summed E-state index contributed by atoms with van der Waals surface area (Å²) in [5.74, 6) is 0.611. The minimum atomic E-state index is -0.731. The molecule has 0 unspecified atom stereocenters. The minimum Gasteiger partial charge on any atom is -0.496 e. The molecule has 0 aromatic heterocycles. The summed E-state index contributed by atoms with van der Waals surface area (Å²) >= 11 is 0. The molecule has 4 nitrogen and oxygen atoms in total. The van der Waals surface area contributed by atoms with E-state index in [0.29, 0.717) is 5.92 Å². The van der Waals surface area contributed by atoms with Crippen LogP contribution in [-0.4, -0.2) is 31.4 Å². The molecule has 3 rings (SSSR count). The Bertz CT molecular complexity index is 528. The second kappa shape index (κ2) is 5.68. The maximum atomic E-state index is 11.2. The van der Waals surface area contributed by atoms with Crippen LogP contribution in [-0.2, 0) is 14.9 Å². The van der Waals surface area contributed by atoms with Gasteiger partial charge in [-0.3, -0.25) is 4.79 Å². The summed E-state index contributed by atoms with van der Waals surface area (Å²) < 4.78 is 10.9. The number of carboxylic acid groups (broad SMARTS) is 1. The predicted molar refractivity (Wildman–Crippen MR) is 79.0 cm³/mol. The first-order chi connectivity index (χ1) is 10.1. The van der Waals surface area contributed by atoms with Crippen molar-refractivity contribution in [1.29, 1.82) is 0 Å². The maximum absolute atomic E-state index is 11.2. The molecule has 1 heterocycles. The van der Waals surface area contributed by atoms with Gasteiger partial charge >= 0.3 is 5.97 Å². The van der Waals surface area contributed by atoms with Crippen LogP contribution in [0.25, 0.3) is 0 Å². The van der Waals surface area contributed by atoms with Crippen molar-refractivity contribution in [2.45, 2.75) is 43.4 Å². The fourth-order valence-corrected chi connectivity index (χ4v) is 3.41. The third-order valence-electron chi connectivity index (χ3n) is 4.83. The molecule has 0 radical (unpaired) electrons. The van der Waals surface area contributed by atoms with E-state index in [4.69, 9.17) is 9.47 Å². The monoisotopic (exact) mass is 290 g/mol. The van der Waals surface area contributed by atoms with Crippen LogP contribution in [0.4, 0.5) is 0 Å². The van der Waals surface area contributed by atoms with E-state index in [-0.39, 0.29) is 11.8 Å². The largest absolute Gasteiger partial charge is 0.496 e. The normalized spacial score (nSPS) is 21.0. The molecule has 1 aliphatic heterocycles. The highest BCUT2D eigenvalue weighted by molar-refractivity contribution is 5.70. The molecule has 0 atom stereocenters. The highest BCUT2D eigenvalue weighted by Gasteiger charge is 2.48. The van der Waals surface area contributed by atoms with Crippen molar-refractivity contribution in [1.82, 2.24) is 0 Å². The molecule has 2 aliphatic rings. The van der Waals surface area contributed by atoms with Gasteiger partial charge in [0.15, 0.2) is 0 Å². The van der Waals surface area contributed by atoms with Crippen LogP contribution in [0.1, 0.15) is 49.1 Å². The van der Waals surface area contributed by atoms with Gasteiger partial charge in [0.2, 0.25) is 0 Å². The van der Waals surface area contributed by atoms with E-state index >= 15 is 0 Å². The fourth-order valence-electron chi connectivity index (χ4n) is 3.41. The molecular weight excluding hydrogens is 268 g/mol. The van der Waals surface area contributed by atoms with Crippen molar-refractivity contribution < 1.29 is 19.4 Å². The van der Waals surface area contributed by atoms with Gasteiger partial charge in [0.1, 0.15) is 5.75 Å². The fraction of sp³-hybridized carbons (Fsp3) is 0.588. The zero-order valence-electron chi connectivity index (χ0n) is 12.4. The number of carbonyl (C=O) groups is 1. The van der Waals surface area contributed by atoms with Gasteiger partial charge in [-0.15, -0.1) is 0 Å². The molecule has 114 valence electrons. The van der Waals surface area contributed by atoms with Gasteiger partial charge in [-0.2, -0.15) is 0 Å². The molecular formula is C17H22O4. The zero-order valence-corrected chi connectivity index (χ0v) is 12.4. The van der Waals surface area contributed by atoms with Crippen molar-refractivity contribution in [2.24, 2.45) is 0 Å². The maximum Gasteiger partial charge on any atom is 0.304 e. The van der Waals surface area contributed by atoms with Gasteiger partial charge in [-0.25, -0.2) is 0 Å². The van der Waals surface area contributed by atoms with Gasteiger partial charge < -0.3 is 14.6 Å². The smallest absolute Gasteiger partial charge is 0.304 e. The number of ether oxygens (including phenoxy) is 2. The highest BCUT2D eigenvalue weighted by atomic mass is 16.5. The van der Waals surface area contributed by atoms with Crippen LogP contribution in [0.15, 0.2) is 18.2 Å². The first-order valence-corrected chi connectivity index (χ1v) is 7.62. The lowest BCUT2D eigenvalue weighted by Crippen LogP contribution is -2.17. The third-order valence-corrected chi connectivity index (χ3v) is 4.83. The summed E-state index contributed by atoms with van der Waals surface area (Å²) in [6.07, 6.45) is 4.15. The number of methoxy groups -OCH3 is 1. The van der Waals surface area contributed by atoms with Crippen LogP contribution in [0.2, 0.25) is 0 Å². The number of rotatable bonds is 5.